The molecule has 3 heterocycles. The fourth-order valence-electron chi connectivity index (χ4n) is 2.43. The maximum Gasteiger partial charge on any atom is 0.275 e. The van der Waals surface area contributed by atoms with E-state index in [1.54, 1.807) is 29.7 Å². The number of thiazole rings is 1. The lowest BCUT2D eigenvalue weighted by atomic mass is 10.2. The van der Waals surface area contributed by atoms with Gasteiger partial charge in [-0.15, -0.1) is 22.7 Å². The van der Waals surface area contributed by atoms with Crippen molar-refractivity contribution < 1.29 is 4.79 Å². The SMILES string of the molecule is O=C(Cn1ncc2ccccc2c1=O)Nc1nc(-c2ccc(Br)s2)cs1. The Morgan fingerprint density at radius 2 is 2.08 bits per heavy atom. The lowest BCUT2D eigenvalue weighted by Gasteiger charge is -2.05. The molecule has 3 aromatic heterocycles. The molecule has 4 aromatic rings. The van der Waals surface area contributed by atoms with Gasteiger partial charge >= 0.3 is 0 Å². The molecule has 0 spiro atoms. The fraction of sp³-hybridized carbons (Fsp3) is 0.0588. The molecular weight excluding hydrogens is 436 g/mol. The molecule has 0 unspecified atom stereocenters. The average molecular weight is 447 g/mol. The number of benzene rings is 1. The van der Waals surface area contributed by atoms with E-state index in [0.717, 1.165) is 24.4 Å². The van der Waals surface area contributed by atoms with E-state index in [0.29, 0.717) is 10.5 Å². The number of carbonyl (C=O) groups is 1. The van der Waals surface area contributed by atoms with Crippen LogP contribution in [0.2, 0.25) is 0 Å². The van der Waals surface area contributed by atoms with Gasteiger partial charge in [0.25, 0.3) is 5.56 Å². The van der Waals surface area contributed by atoms with Crippen molar-refractivity contribution in [3.63, 3.8) is 0 Å². The van der Waals surface area contributed by atoms with E-state index in [1.165, 1.54) is 11.3 Å². The van der Waals surface area contributed by atoms with Crippen LogP contribution in [0.3, 0.4) is 0 Å². The lowest BCUT2D eigenvalue weighted by molar-refractivity contribution is -0.117. The Morgan fingerprint density at radius 1 is 1.23 bits per heavy atom. The summed E-state index contributed by atoms with van der Waals surface area (Å²) in [6.07, 6.45) is 1.58. The van der Waals surface area contributed by atoms with E-state index >= 15 is 0 Å². The normalized spacial score (nSPS) is 11.0. The van der Waals surface area contributed by atoms with Crippen LogP contribution in [0.1, 0.15) is 0 Å². The number of thiophene rings is 1. The molecule has 0 aliphatic rings. The van der Waals surface area contributed by atoms with Crippen molar-refractivity contribution in [3.8, 4) is 10.6 Å². The van der Waals surface area contributed by atoms with Crippen molar-refractivity contribution in [2.75, 3.05) is 5.32 Å². The van der Waals surface area contributed by atoms with E-state index in [9.17, 15) is 9.59 Å². The molecule has 6 nitrogen and oxygen atoms in total. The minimum absolute atomic E-state index is 0.164. The lowest BCUT2D eigenvalue weighted by Crippen LogP contribution is -2.29. The van der Waals surface area contributed by atoms with Crippen molar-refractivity contribution in [2.45, 2.75) is 6.54 Å². The summed E-state index contributed by atoms with van der Waals surface area (Å²) in [6, 6.07) is 11.1. The molecule has 0 saturated carbocycles. The van der Waals surface area contributed by atoms with Gasteiger partial charge in [-0.25, -0.2) is 9.67 Å². The van der Waals surface area contributed by atoms with Gasteiger partial charge in [0, 0.05) is 10.8 Å². The van der Waals surface area contributed by atoms with Crippen LogP contribution in [0.4, 0.5) is 5.13 Å². The number of nitrogens with one attached hydrogen (secondary N) is 1. The van der Waals surface area contributed by atoms with Gasteiger partial charge in [0.05, 0.1) is 25.9 Å². The predicted octanol–water partition coefficient (Wildman–Crippen LogP) is 3.98. The number of aromatic nitrogens is 3. The smallest absolute Gasteiger partial charge is 0.275 e. The molecule has 1 amide bonds. The largest absolute Gasteiger partial charge is 0.300 e. The second kappa shape index (κ2) is 7.10. The van der Waals surface area contributed by atoms with Crippen LogP contribution in [-0.2, 0) is 11.3 Å². The Hall–Kier alpha value is -2.36. The van der Waals surface area contributed by atoms with Gasteiger partial charge < -0.3 is 5.32 Å². The maximum absolute atomic E-state index is 12.4. The first-order valence-corrected chi connectivity index (χ1v) is 10.0. The molecule has 26 heavy (non-hydrogen) atoms. The molecule has 0 saturated heterocycles. The molecule has 0 aliphatic carbocycles. The van der Waals surface area contributed by atoms with Gasteiger partial charge in [-0.2, -0.15) is 5.10 Å². The van der Waals surface area contributed by atoms with Crippen LogP contribution < -0.4 is 10.9 Å². The van der Waals surface area contributed by atoms with Crippen LogP contribution in [-0.4, -0.2) is 20.7 Å². The molecule has 1 aromatic carbocycles. The molecule has 0 fully saturated rings. The minimum Gasteiger partial charge on any atom is -0.300 e. The standard InChI is InChI=1S/C17H11BrN4O2S2/c18-14-6-5-13(26-14)12-9-25-17(20-12)21-15(23)8-22-16(24)11-4-2-1-3-10(11)7-19-22/h1-7,9H,8H2,(H,20,21,23). The minimum atomic E-state index is -0.344. The van der Waals surface area contributed by atoms with E-state index in [-0.39, 0.29) is 18.0 Å². The Labute approximate surface area is 164 Å². The topological polar surface area (TPSA) is 76.9 Å². The third-order valence-electron chi connectivity index (χ3n) is 3.63. The highest BCUT2D eigenvalue weighted by Crippen LogP contribution is 2.33. The highest BCUT2D eigenvalue weighted by molar-refractivity contribution is 9.11. The summed E-state index contributed by atoms with van der Waals surface area (Å²) >= 11 is 6.33. The zero-order valence-electron chi connectivity index (χ0n) is 13.2. The van der Waals surface area contributed by atoms with Crippen molar-refractivity contribution in [1.82, 2.24) is 14.8 Å². The average Bonchev–Trinajstić information content (AvgIpc) is 3.26. The number of rotatable bonds is 4. The summed E-state index contributed by atoms with van der Waals surface area (Å²) in [4.78, 5) is 30.1. The van der Waals surface area contributed by atoms with Gasteiger partial charge in [-0.3, -0.25) is 9.59 Å². The number of halogens is 1. The molecule has 0 atom stereocenters. The number of amides is 1. The monoisotopic (exact) mass is 446 g/mol. The van der Waals surface area contributed by atoms with Crippen molar-refractivity contribution in [3.05, 3.63) is 62.1 Å². The van der Waals surface area contributed by atoms with Crippen LogP contribution in [0.15, 0.2) is 56.6 Å². The third-order valence-corrected chi connectivity index (χ3v) is 6.04. The quantitative estimate of drug-likeness (QED) is 0.514. The van der Waals surface area contributed by atoms with Crippen LogP contribution >= 0.6 is 38.6 Å². The van der Waals surface area contributed by atoms with E-state index < -0.39 is 0 Å². The molecule has 0 bridgehead atoms. The van der Waals surface area contributed by atoms with Crippen molar-refractivity contribution >= 4 is 60.4 Å². The number of fused-ring (bicyclic) bond motifs is 1. The molecule has 0 radical (unpaired) electrons. The van der Waals surface area contributed by atoms with Gasteiger partial charge in [-0.1, -0.05) is 18.2 Å². The number of anilines is 1. The van der Waals surface area contributed by atoms with Crippen molar-refractivity contribution in [1.29, 1.82) is 0 Å². The van der Waals surface area contributed by atoms with Gasteiger partial charge in [-0.05, 0) is 34.1 Å². The van der Waals surface area contributed by atoms with Gasteiger partial charge in [0.15, 0.2) is 5.13 Å². The summed E-state index contributed by atoms with van der Waals surface area (Å²) in [5.41, 5.74) is 0.517. The first-order valence-electron chi connectivity index (χ1n) is 7.56. The Balaban J connectivity index is 1.50. The van der Waals surface area contributed by atoms with Crippen molar-refractivity contribution in [2.24, 2.45) is 0 Å². The Morgan fingerprint density at radius 3 is 2.88 bits per heavy atom. The molecular formula is C17H11BrN4O2S2. The third kappa shape index (κ3) is 3.46. The van der Waals surface area contributed by atoms with Gasteiger partial charge in [0.2, 0.25) is 5.91 Å². The fourth-order valence-corrected chi connectivity index (χ4v) is 4.58. The molecule has 4 rings (SSSR count). The number of hydrogen-bond acceptors (Lipinski definition) is 6. The first kappa shape index (κ1) is 17.1. The summed E-state index contributed by atoms with van der Waals surface area (Å²) in [5, 5.41) is 10.5. The summed E-state index contributed by atoms with van der Waals surface area (Å²) in [5.74, 6) is -0.344. The summed E-state index contributed by atoms with van der Waals surface area (Å²) < 4.78 is 2.18. The highest BCUT2D eigenvalue weighted by atomic mass is 79.9. The van der Waals surface area contributed by atoms with Gasteiger partial charge in [0.1, 0.15) is 6.54 Å². The van der Waals surface area contributed by atoms with Crippen LogP contribution in [0.5, 0.6) is 0 Å². The zero-order chi connectivity index (χ0) is 18.1. The highest BCUT2D eigenvalue weighted by Gasteiger charge is 2.12. The van der Waals surface area contributed by atoms with E-state index in [1.807, 2.05) is 29.6 Å². The van der Waals surface area contributed by atoms with E-state index in [2.05, 4.69) is 31.3 Å². The second-order valence-corrected chi connectivity index (χ2v) is 8.71. The Bertz CT molecular complexity index is 1160. The summed E-state index contributed by atoms with van der Waals surface area (Å²) in [6.45, 7) is -0.164. The molecule has 9 heteroatoms. The number of hydrogen-bond donors (Lipinski definition) is 1. The predicted molar refractivity (Wildman–Crippen MR) is 108 cm³/mol. The summed E-state index contributed by atoms with van der Waals surface area (Å²) in [7, 11) is 0. The van der Waals surface area contributed by atoms with Crippen LogP contribution in [0.25, 0.3) is 21.3 Å². The van der Waals surface area contributed by atoms with Crippen LogP contribution in [0, 0.1) is 0 Å². The maximum atomic E-state index is 12.4. The van der Waals surface area contributed by atoms with E-state index in [4.69, 9.17) is 0 Å². The Kier molecular flexibility index (Phi) is 4.66. The number of carbonyl (C=O) groups excluding carboxylic acids is 1. The second-order valence-electron chi connectivity index (χ2n) is 5.38. The zero-order valence-corrected chi connectivity index (χ0v) is 16.4. The molecule has 1 N–H and O–H groups in total. The molecule has 0 aliphatic heterocycles. The number of nitrogens with zero attached hydrogens (tertiary/aromatic N) is 3. The first-order chi connectivity index (χ1) is 12.6. The molecule has 130 valence electrons.